The number of anilines is 1. The summed E-state index contributed by atoms with van der Waals surface area (Å²) < 4.78 is 20.5. The van der Waals surface area contributed by atoms with Gasteiger partial charge in [0.2, 0.25) is 0 Å². The predicted octanol–water partition coefficient (Wildman–Crippen LogP) is 4.65. The molecule has 0 bridgehead atoms. The van der Waals surface area contributed by atoms with Gasteiger partial charge in [0, 0.05) is 19.4 Å². The molecule has 0 aliphatic heterocycles. The number of para-hydroxylation sites is 2. The molecular weight excluding hydrogens is 345 g/mol. The summed E-state index contributed by atoms with van der Waals surface area (Å²) in [6.45, 7) is 0. The lowest BCUT2D eigenvalue weighted by molar-refractivity contribution is 0.102. The third-order valence-electron chi connectivity index (χ3n) is 4.19. The van der Waals surface area contributed by atoms with E-state index in [0.29, 0.717) is 33.9 Å². The summed E-state index contributed by atoms with van der Waals surface area (Å²) >= 11 is 0. The number of rotatable bonds is 4. The number of hydrogen-bond donors (Lipinski definition) is 1. The highest BCUT2D eigenvalue weighted by Crippen LogP contribution is 2.24. The molecule has 136 valence electrons. The molecule has 4 rings (SSSR count). The van der Waals surface area contributed by atoms with E-state index >= 15 is 0 Å². The van der Waals surface area contributed by atoms with Crippen molar-refractivity contribution in [1.29, 1.82) is 0 Å². The number of fused-ring (bicyclic) bond motifs is 1. The van der Waals surface area contributed by atoms with Crippen molar-refractivity contribution in [3.63, 3.8) is 0 Å². The molecule has 1 N–H and O–H groups in total. The second-order valence-electron chi connectivity index (χ2n) is 5.97. The van der Waals surface area contributed by atoms with Gasteiger partial charge in [-0.2, -0.15) is 0 Å². The van der Waals surface area contributed by atoms with Crippen LogP contribution in [-0.4, -0.2) is 22.4 Å². The highest BCUT2D eigenvalue weighted by Gasteiger charge is 2.12. The van der Waals surface area contributed by atoms with Gasteiger partial charge >= 0.3 is 0 Å². The molecule has 27 heavy (non-hydrogen) atoms. The first-order chi connectivity index (χ1) is 13.1. The maximum absolute atomic E-state index is 13.4. The van der Waals surface area contributed by atoms with E-state index in [4.69, 9.17) is 4.74 Å². The second kappa shape index (κ2) is 6.92. The van der Waals surface area contributed by atoms with E-state index in [1.165, 1.54) is 12.1 Å². The smallest absolute Gasteiger partial charge is 0.257 e. The number of pyridine rings is 1. The molecule has 6 heteroatoms. The minimum Gasteiger partial charge on any atom is -0.495 e. The summed E-state index contributed by atoms with van der Waals surface area (Å²) in [6.07, 6.45) is 3.46. The molecule has 0 spiro atoms. The molecular formula is C21H18FN3O2. The largest absolute Gasteiger partial charge is 0.495 e. The van der Waals surface area contributed by atoms with Crippen molar-refractivity contribution in [1.82, 2.24) is 9.38 Å². The topological polar surface area (TPSA) is 55.6 Å². The highest BCUT2D eigenvalue weighted by molar-refractivity contribution is 6.05. The molecule has 5 nitrogen and oxygen atoms in total. The molecule has 0 saturated heterocycles. The summed E-state index contributed by atoms with van der Waals surface area (Å²) in [5.74, 6) is 0.00628. The van der Waals surface area contributed by atoms with Crippen LogP contribution in [0.2, 0.25) is 0 Å². The van der Waals surface area contributed by atoms with Gasteiger partial charge in [-0.3, -0.25) is 4.79 Å². The Morgan fingerprint density at radius 1 is 1.11 bits per heavy atom. The first-order valence-electron chi connectivity index (χ1n) is 8.33. The Kier molecular flexibility index (Phi) is 4.30. The van der Waals surface area contributed by atoms with E-state index in [0.717, 1.165) is 0 Å². The minimum atomic E-state index is -0.318. The molecule has 2 aromatic carbocycles. The van der Waals surface area contributed by atoms with E-state index < -0.39 is 0 Å². The SMILES string of the molecule is COc1ccccc1NC(=O)c1ccc2nc(-c3cccc(F)c3)cn2c1.[HH]. The van der Waals surface area contributed by atoms with E-state index in [-0.39, 0.29) is 13.2 Å². The van der Waals surface area contributed by atoms with Gasteiger partial charge in [0.1, 0.15) is 17.2 Å². The second-order valence-corrected chi connectivity index (χ2v) is 5.97. The van der Waals surface area contributed by atoms with E-state index in [1.54, 1.807) is 60.3 Å². The van der Waals surface area contributed by atoms with Gasteiger partial charge in [-0.05, 0) is 36.4 Å². The van der Waals surface area contributed by atoms with Gasteiger partial charge in [-0.1, -0.05) is 24.3 Å². The van der Waals surface area contributed by atoms with Gasteiger partial charge < -0.3 is 14.5 Å². The summed E-state index contributed by atoms with van der Waals surface area (Å²) in [5, 5.41) is 2.84. The Hall–Kier alpha value is -3.67. The number of aromatic nitrogens is 2. The van der Waals surface area contributed by atoms with Crippen LogP contribution in [0.4, 0.5) is 10.1 Å². The van der Waals surface area contributed by atoms with Crippen molar-refractivity contribution in [2.45, 2.75) is 0 Å². The van der Waals surface area contributed by atoms with Crippen molar-refractivity contribution < 1.29 is 15.3 Å². The summed E-state index contributed by atoms with van der Waals surface area (Å²) in [7, 11) is 1.55. The van der Waals surface area contributed by atoms with Gasteiger partial charge in [0.15, 0.2) is 0 Å². The van der Waals surface area contributed by atoms with Crippen LogP contribution in [-0.2, 0) is 0 Å². The number of nitrogens with zero attached hydrogens (tertiary/aromatic N) is 2. The predicted molar refractivity (Wildman–Crippen MR) is 104 cm³/mol. The van der Waals surface area contributed by atoms with Crippen LogP contribution in [0.1, 0.15) is 11.8 Å². The zero-order valence-corrected chi connectivity index (χ0v) is 14.5. The molecule has 0 unspecified atom stereocenters. The van der Waals surface area contributed by atoms with Crippen molar-refractivity contribution in [2.24, 2.45) is 0 Å². The fourth-order valence-electron chi connectivity index (χ4n) is 2.86. The van der Waals surface area contributed by atoms with Crippen LogP contribution in [0.15, 0.2) is 73.1 Å². The lowest BCUT2D eigenvalue weighted by Gasteiger charge is -2.09. The highest BCUT2D eigenvalue weighted by atomic mass is 19.1. The van der Waals surface area contributed by atoms with Crippen LogP contribution >= 0.6 is 0 Å². The number of methoxy groups -OCH3 is 1. The average Bonchev–Trinajstić information content (AvgIpc) is 3.12. The fourth-order valence-corrected chi connectivity index (χ4v) is 2.86. The number of halogens is 1. The third-order valence-corrected chi connectivity index (χ3v) is 4.19. The third kappa shape index (κ3) is 3.37. The zero-order chi connectivity index (χ0) is 18.8. The zero-order valence-electron chi connectivity index (χ0n) is 14.5. The molecule has 0 aliphatic rings. The van der Waals surface area contributed by atoms with E-state index in [9.17, 15) is 9.18 Å². The average molecular weight is 363 g/mol. The summed E-state index contributed by atoms with van der Waals surface area (Å²) in [5.41, 5.74) is 3.05. The Balaban J connectivity index is 0.00000225. The number of amides is 1. The van der Waals surface area contributed by atoms with Crippen molar-refractivity contribution in [3.05, 3.63) is 84.4 Å². The molecule has 0 radical (unpaired) electrons. The van der Waals surface area contributed by atoms with Crippen LogP contribution in [0.3, 0.4) is 0 Å². The molecule has 2 aromatic heterocycles. The normalized spacial score (nSPS) is 10.7. The maximum atomic E-state index is 13.4. The fraction of sp³-hybridized carbons (Fsp3) is 0.0476. The molecule has 2 heterocycles. The molecule has 0 aliphatic carbocycles. The first-order valence-corrected chi connectivity index (χ1v) is 8.33. The summed E-state index contributed by atoms with van der Waals surface area (Å²) in [6, 6.07) is 16.9. The van der Waals surface area contributed by atoms with Gasteiger partial charge in [0.25, 0.3) is 5.91 Å². The molecule has 1 amide bonds. The number of ether oxygens (including phenoxy) is 1. The molecule has 0 atom stereocenters. The number of nitrogens with one attached hydrogen (secondary N) is 1. The van der Waals surface area contributed by atoms with Crippen LogP contribution in [0.5, 0.6) is 5.75 Å². The Bertz CT molecular complexity index is 1140. The maximum Gasteiger partial charge on any atom is 0.257 e. The van der Waals surface area contributed by atoms with Gasteiger partial charge in [0.05, 0.1) is 24.1 Å². The number of carbonyl (C=O) groups is 1. The standard InChI is InChI=1S/C21H16FN3O2.H2/c1-27-19-8-3-2-7-17(19)24-21(26)15-9-10-20-23-18(13-25(20)12-15)14-5-4-6-16(22)11-14;/h2-13H,1H3,(H,24,26);1H. The molecule has 4 aromatic rings. The number of hydrogen-bond acceptors (Lipinski definition) is 3. The molecule has 0 saturated carbocycles. The van der Waals surface area contributed by atoms with E-state index in [1.807, 2.05) is 12.1 Å². The monoisotopic (exact) mass is 363 g/mol. The first kappa shape index (κ1) is 16.8. The number of benzene rings is 2. The minimum absolute atomic E-state index is 0. The number of carbonyl (C=O) groups excluding carboxylic acids is 1. The lowest BCUT2D eigenvalue weighted by Crippen LogP contribution is -2.13. The lowest BCUT2D eigenvalue weighted by atomic mass is 10.2. The van der Waals surface area contributed by atoms with E-state index in [2.05, 4.69) is 10.3 Å². The Labute approximate surface area is 156 Å². The van der Waals surface area contributed by atoms with Crippen molar-refractivity contribution >= 4 is 17.2 Å². The van der Waals surface area contributed by atoms with Crippen LogP contribution < -0.4 is 10.1 Å². The van der Waals surface area contributed by atoms with Crippen LogP contribution in [0.25, 0.3) is 16.9 Å². The Morgan fingerprint density at radius 2 is 1.96 bits per heavy atom. The molecule has 0 fully saturated rings. The summed E-state index contributed by atoms with van der Waals surface area (Å²) in [4.78, 5) is 17.1. The van der Waals surface area contributed by atoms with Crippen LogP contribution in [0, 0.1) is 5.82 Å². The quantitative estimate of drug-likeness (QED) is 0.574. The Morgan fingerprint density at radius 3 is 2.78 bits per heavy atom. The van der Waals surface area contributed by atoms with Crippen molar-refractivity contribution in [3.8, 4) is 17.0 Å². The van der Waals surface area contributed by atoms with Gasteiger partial charge in [-0.15, -0.1) is 0 Å². The van der Waals surface area contributed by atoms with Crippen molar-refractivity contribution in [2.75, 3.05) is 12.4 Å². The number of imidazole rings is 1. The van der Waals surface area contributed by atoms with Gasteiger partial charge in [-0.25, -0.2) is 9.37 Å².